The zero-order valence-electron chi connectivity index (χ0n) is 10.9. The van der Waals surface area contributed by atoms with Crippen LogP contribution < -0.4 is 5.32 Å². The van der Waals surface area contributed by atoms with Crippen molar-refractivity contribution in [2.45, 2.75) is 25.0 Å². The molecule has 4 heteroatoms. The predicted octanol–water partition coefficient (Wildman–Crippen LogP) is 1.77. The summed E-state index contributed by atoms with van der Waals surface area (Å²) < 4.78 is 22.4. The number of piperidine rings is 1. The molecule has 0 radical (unpaired) electrons. The molecule has 0 bridgehead atoms. The van der Waals surface area contributed by atoms with Gasteiger partial charge in [-0.05, 0) is 49.4 Å². The highest BCUT2D eigenvalue weighted by molar-refractivity contribution is 7.89. The van der Waals surface area contributed by atoms with E-state index in [0.29, 0.717) is 0 Å². The molecule has 1 aliphatic rings. The summed E-state index contributed by atoms with van der Waals surface area (Å²) in [5, 5.41) is 3.42. The fraction of sp³-hybridized carbons (Fsp3) is 0.571. The quantitative estimate of drug-likeness (QED) is 0.904. The Kier molecular flexibility index (Phi) is 4.40. The molecule has 0 spiro atoms. The summed E-state index contributed by atoms with van der Waals surface area (Å²) in [6.07, 6.45) is 4.91. The smallest absolute Gasteiger partial charge is 0.151 e. The first-order chi connectivity index (χ1) is 8.53. The number of nitrogens with one attached hydrogen (secondary N) is 1. The first-order valence-corrected chi connectivity index (χ1v) is 8.55. The van der Waals surface area contributed by atoms with Crippen LogP contribution in [0.15, 0.2) is 24.3 Å². The second kappa shape index (κ2) is 5.85. The average Bonchev–Trinajstić information content (AvgIpc) is 2.31. The molecule has 2 rings (SSSR count). The van der Waals surface area contributed by atoms with Crippen molar-refractivity contribution >= 4 is 9.84 Å². The van der Waals surface area contributed by atoms with E-state index in [-0.39, 0.29) is 5.75 Å². The standard InChI is InChI=1S/C14H21NO2S/c1-18(16,17)11-13-6-4-12(5-7-13)9-14-3-2-8-15-10-14/h4-7,14-15H,2-3,8-11H2,1H3. The van der Waals surface area contributed by atoms with Gasteiger partial charge >= 0.3 is 0 Å². The van der Waals surface area contributed by atoms with Crippen molar-refractivity contribution in [2.75, 3.05) is 19.3 Å². The highest BCUT2D eigenvalue weighted by atomic mass is 32.2. The van der Waals surface area contributed by atoms with Crippen LogP contribution in [0, 0.1) is 5.92 Å². The molecule has 1 fully saturated rings. The van der Waals surface area contributed by atoms with E-state index in [4.69, 9.17) is 0 Å². The van der Waals surface area contributed by atoms with E-state index in [2.05, 4.69) is 17.4 Å². The molecule has 1 aliphatic heterocycles. The molecule has 0 saturated carbocycles. The number of rotatable bonds is 4. The summed E-state index contributed by atoms with van der Waals surface area (Å²) in [6, 6.07) is 8.00. The number of benzene rings is 1. The van der Waals surface area contributed by atoms with Crippen LogP contribution in [0.2, 0.25) is 0 Å². The minimum Gasteiger partial charge on any atom is -0.316 e. The van der Waals surface area contributed by atoms with Crippen molar-refractivity contribution in [2.24, 2.45) is 5.92 Å². The molecule has 1 atom stereocenters. The second-order valence-corrected chi connectivity index (χ2v) is 7.44. The van der Waals surface area contributed by atoms with Crippen LogP contribution in [0.3, 0.4) is 0 Å². The Bertz CT molecular complexity index is 473. The molecule has 1 N–H and O–H groups in total. The minimum absolute atomic E-state index is 0.137. The highest BCUT2D eigenvalue weighted by Gasteiger charge is 2.13. The topological polar surface area (TPSA) is 46.2 Å². The van der Waals surface area contributed by atoms with Crippen LogP contribution in [-0.2, 0) is 22.0 Å². The predicted molar refractivity (Wildman–Crippen MR) is 74.3 cm³/mol. The van der Waals surface area contributed by atoms with E-state index in [0.717, 1.165) is 31.0 Å². The van der Waals surface area contributed by atoms with Crippen molar-refractivity contribution in [3.8, 4) is 0 Å². The Balaban J connectivity index is 1.94. The fourth-order valence-electron chi connectivity index (χ4n) is 2.51. The van der Waals surface area contributed by atoms with Gasteiger partial charge in [-0.25, -0.2) is 8.42 Å². The van der Waals surface area contributed by atoms with Crippen molar-refractivity contribution in [3.05, 3.63) is 35.4 Å². The summed E-state index contributed by atoms with van der Waals surface area (Å²) in [5.74, 6) is 0.859. The molecule has 1 saturated heterocycles. The maximum Gasteiger partial charge on any atom is 0.151 e. The van der Waals surface area contributed by atoms with Crippen molar-refractivity contribution < 1.29 is 8.42 Å². The van der Waals surface area contributed by atoms with Crippen LogP contribution >= 0.6 is 0 Å². The van der Waals surface area contributed by atoms with Gasteiger partial charge in [0.05, 0.1) is 5.75 Å². The molecular formula is C14H21NO2S. The summed E-state index contributed by atoms with van der Waals surface area (Å²) in [6.45, 7) is 2.24. The first kappa shape index (κ1) is 13.6. The van der Waals surface area contributed by atoms with Gasteiger partial charge in [-0.2, -0.15) is 0 Å². The van der Waals surface area contributed by atoms with Crippen molar-refractivity contribution in [3.63, 3.8) is 0 Å². The maximum absolute atomic E-state index is 11.2. The summed E-state index contributed by atoms with van der Waals surface area (Å²) in [7, 11) is -2.93. The third-order valence-electron chi connectivity index (χ3n) is 3.38. The molecule has 18 heavy (non-hydrogen) atoms. The maximum atomic E-state index is 11.2. The molecular weight excluding hydrogens is 246 g/mol. The molecule has 3 nitrogen and oxygen atoms in total. The molecule has 100 valence electrons. The molecule has 1 aromatic rings. The van der Waals surface area contributed by atoms with Crippen molar-refractivity contribution in [1.82, 2.24) is 5.32 Å². The molecule has 0 aliphatic carbocycles. The minimum atomic E-state index is -2.93. The van der Waals surface area contributed by atoms with Gasteiger partial charge in [0.2, 0.25) is 0 Å². The lowest BCUT2D eigenvalue weighted by Crippen LogP contribution is -2.30. The fourth-order valence-corrected chi connectivity index (χ4v) is 3.30. The largest absolute Gasteiger partial charge is 0.316 e. The van der Waals surface area contributed by atoms with E-state index < -0.39 is 9.84 Å². The third kappa shape index (κ3) is 4.42. The zero-order chi connectivity index (χ0) is 13.0. The van der Waals surface area contributed by atoms with Gasteiger partial charge < -0.3 is 5.32 Å². The van der Waals surface area contributed by atoms with Crippen LogP contribution in [0.5, 0.6) is 0 Å². The lowest BCUT2D eigenvalue weighted by Gasteiger charge is -2.22. The Morgan fingerprint density at radius 1 is 1.22 bits per heavy atom. The van der Waals surface area contributed by atoms with E-state index >= 15 is 0 Å². The van der Waals surface area contributed by atoms with Gasteiger partial charge in [-0.3, -0.25) is 0 Å². The van der Waals surface area contributed by atoms with Gasteiger partial charge in [-0.15, -0.1) is 0 Å². The Labute approximate surface area is 110 Å². The Morgan fingerprint density at radius 2 is 1.89 bits per heavy atom. The van der Waals surface area contributed by atoms with Gasteiger partial charge in [0.1, 0.15) is 0 Å². The van der Waals surface area contributed by atoms with Crippen LogP contribution in [0.25, 0.3) is 0 Å². The first-order valence-electron chi connectivity index (χ1n) is 6.49. The second-order valence-electron chi connectivity index (χ2n) is 5.30. The number of hydrogen-bond donors (Lipinski definition) is 1. The molecule has 1 unspecified atom stereocenters. The van der Waals surface area contributed by atoms with Gasteiger partial charge in [0.15, 0.2) is 9.84 Å². The summed E-state index contributed by atoms with van der Waals surface area (Å²) in [5.41, 5.74) is 2.18. The molecule has 0 amide bonds. The van der Waals surface area contributed by atoms with Gasteiger partial charge in [0.25, 0.3) is 0 Å². The Morgan fingerprint density at radius 3 is 2.44 bits per heavy atom. The molecule has 1 heterocycles. The van der Waals surface area contributed by atoms with Crippen LogP contribution in [0.1, 0.15) is 24.0 Å². The normalized spacial score (nSPS) is 20.8. The number of sulfone groups is 1. The lowest BCUT2D eigenvalue weighted by atomic mass is 9.92. The van der Waals surface area contributed by atoms with E-state index in [1.54, 1.807) is 0 Å². The SMILES string of the molecule is CS(=O)(=O)Cc1ccc(CC2CCCNC2)cc1. The number of hydrogen-bond acceptors (Lipinski definition) is 3. The zero-order valence-corrected chi connectivity index (χ0v) is 11.7. The molecule has 0 aromatic heterocycles. The Hall–Kier alpha value is -0.870. The van der Waals surface area contributed by atoms with Gasteiger partial charge in [-0.1, -0.05) is 24.3 Å². The lowest BCUT2D eigenvalue weighted by molar-refractivity contribution is 0.376. The average molecular weight is 267 g/mol. The monoisotopic (exact) mass is 267 g/mol. The van der Waals surface area contributed by atoms with Crippen LogP contribution in [-0.4, -0.2) is 27.8 Å². The third-order valence-corrected chi connectivity index (χ3v) is 4.23. The van der Waals surface area contributed by atoms with E-state index in [1.807, 2.05) is 12.1 Å². The summed E-state index contributed by atoms with van der Waals surface area (Å²) >= 11 is 0. The summed E-state index contributed by atoms with van der Waals surface area (Å²) in [4.78, 5) is 0. The van der Waals surface area contributed by atoms with Gasteiger partial charge in [0, 0.05) is 6.26 Å². The van der Waals surface area contributed by atoms with Crippen LogP contribution in [0.4, 0.5) is 0 Å². The van der Waals surface area contributed by atoms with E-state index in [1.165, 1.54) is 24.7 Å². The van der Waals surface area contributed by atoms with E-state index in [9.17, 15) is 8.42 Å². The molecule has 1 aromatic carbocycles. The highest BCUT2D eigenvalue weighted by Crippen LogP contribution is 2.17. The van der Waals surface area contributed by atoms with Crippen molar-refractivity contribution in [1.29, 1.82) is 0 Å².